The van der Waals surface area contributed by atoms with Gasteiger partial charge in [0.1, 0.15) is 6.10 Å². The zero-order chi connectivity index (χ0) is 32.0. The number of aliphatic hydroxyl groups excluding tert-OH is 2. The SMILES string of the molecule is CCCCCC/C=C/C(O)C(CS(=O)(=O)O)NC(=O)C(O)CCCCCCCCCCCCCCCCCCCCCC. The van der Waals surface area contributed by atoms with E-state index in [1.54, 1.807) is 6.08 Å². The lowest BCUT2D eigenvalue weighted by molar-refractivity contribution is -0.130. The minimum absolute atomic E-state index is 0.284. The molecule has 0 saturated heterocycles. The smallest absolute Gasteiger partial charge is 0.267 e. The number of hydrogen-bond acceptors (Lipinski definition) is 5. The van der Waals surface area contributed by atoms with Crippen LogP contribution >= 0.6 is 0 Å². The van der Waals surface area contributed by atoms with Gasteiger partial charge < -0.3 is 15.5 Å². The molecule has 4 N–H and O–H groups in total. The van der Waals surface area contributed by atoms with E-state index in [9.17, 15) is 28.0 Å². The summed E-state index contributed by atoms with van der Waals surface area (Å²) in [6.07, 6.45) is 31.7. The van der Waals surface area contributed by atoms with Crippen molar-refractivity contribution in [3.8, 4) is 0 Å². The van der Waals surface area contributed by atoms with Crippen LogP contribution in [-0.4, -0.2) is 53.1 Å². The van der Waals surface area contributed by atoms with E-state index in [4.69, 9.17) is 0 Å². The van der Waals surface area contributed by atoms with Gasteiger partial charge in [0, 0.05) is 0 Å². The van der Waals surface area contributed by atoms with Crippen LogP contribution in [0.3, 0.4) is 0 Å². The van der Waals surface area contributed by atoms with Crippen molar-refractivity contribution in [3.63, 3.8) is 0 Å². The second-order valence-corrected chi connectivity index (χ2v) is 14.2. The Balaban J connectivity index is 3.86. The number of unbranched alkanes of at least 4 members (excludes halogenated alkanes) is 23. The molecule has 0 radical (unpaired) electrons. The van der Waals surface area contributed by atoms with Crippen molar-refractivity contribution in [1.29, 1.82) is 0 Å². The molecule has 8 heteroatoms. The highest BCUT2D eigenvalue weighted by atomic mass is 32.2. The third kappa shape index (κ3) is 29.5. The molecule has 0 bridgehead atoms. The topological polar surface area (TPSA) is 124 Å². The maximum Gasteiger partial charge on any atom is 0.267 e. The van der Waals surface area contributed by atoms with E-state index in [1.807, 2.05) is 0 Å². The Kier molecular flexibility index (Phi) is 29.1. The monoisotopic (exact) mass is 631 g/mol. The molecule has 0 aliphatic heterocycles. The fourth-order valence-corrected chi connectivity index (χ4v) is 6.25. The second-order valence-electron chi connectivity index (χ2n) is 12.7. The van der Waals surface area contributed by atoms with Gasteiger partial charge in [-0.1, -0.05) is 174 Å². The van der Waals surface area contributed by atoms with Gasteiger partial charge in [0.15, 0.2) is 0 Å². The fourth-order valence-electron chi connectivity index (χ4n) is 5.51. The molecule has 256 valence electrons. The van der Waals surface area contributed by atoms with Gasteiger partial charge in [0.2, 0.25) is 5.91 Å². The minimum atomic E-state index is -4.42. The quantitative estimate of drug-likeness (QED) is 0.0334. The van der Waals surface area contributed by atoms with Crippen LogP contribution in [0.5, 0.6) is 0 Å². The van der Waals surface area contributed by atoms with Crippen LogP contribution in [0.15, 0.2) is 12.2 Å². The van der Waals surface area contributed by atoms with Crippen LogP contribution in [0.1, 0.15) is 181 Å². The third-order valence-corrected chi connectivity index (χ3v) is 9.10. The van der Waals surface area contributed by atoms with Crippen molar-refractivity contribution in [2.24, 2.45) is 0 Å². The first-order valence-electron chi connectivity index (χ1n) is 18.0. The Bertz CT molecular complexity index is 757. The van der Waals surface area contributed by atoms with Gasteiger partial charge >= 0.3 is 0 Å². The summed E-state index contributed by atoms with van der Waals surface area (Å²) in [5.74, 6) is -1.53. The van der Waals surface area contributed by atoms with Gasteiger partial charge in [0.05, 0.1) is 17.9 Å². The highest BCUT2D eigenvalue weighted by Crippen LogP contribution is 2.15. The fraction of sp³-hybridized carbons (Fsp3) is 0.914. The average molecular weight is 632 g/mol. The van der Waals surface area contributed by atoms with Crippen LogP contribution in [0.4, 0.5) is 0 Å². The van der Waals surface area contributed by atoms with E-state index in [-0.39, 0.29) is 6.42 Å². The standard InChI is InChI=1S/C35H69NO6S/c1-3-5-7-9-11-12-13-14-15-16-17-18-19-20-21-22-23-24-26-28-30-34(38)35(39)36-32(31-43(40,41)42)33(37)29-27-25-10-8-6-4-2/h27,29,32-34,37-38H,3-26,28,30-31H2,1-2H3,(H,36,39)(H,40,41,42)/b29-27+. The Morgan fingerprint density at radius 2 is 1.00 bits per heavy atom. The number of allylic oxidation sites excluding steroid dienone is 1. The first-order chi connectivity index (χ1) is 20.7. The number of aliphatic hydroxyl groups is 2. The van der Waals surface area contributed by atoms with Gasteiger partial charge in [-0.15, -0.1) is 0 Å². The van der Waals surface area contributed by atoms with E-state index in [1.165, 1.54) is 109 Å². The van der Waals surface area contributed by atoms with Crippen LogP contribution < -0.4 is 5.32 Å². The van der Waals surface area contributed by atoms with Crippen molar-refractivity contribution in [2.75, 3.05) is 5.75 Å². The summed E-state index contributed by atoms with van der Waals surface area (Å²) in [7, 11) is -4.42. The minimum Gasteiger partial charge on any atom is -0.387 e. The average Bonchev–Trinajstić information content (AvgIpc) is 2.96. The molecule has 0 aromatic heterocycles. The largest absolute Gasteiger partial charge is 0.387 e. The predicted molar refractivity (Wildman–Crippen MR) is 181 cm³/mol. The molecular weight excluding hydrogens is 562 g/mol. The van der Waals surface area contributed by atoms with Gasteiger partial charge in [-0.25, -0.2) is 0 Å². The lowest BCUT2D eigenvalue weighted by Gasteiger charge is -2.22. The molecule has 0 aliphatic carbocycles. The van der Waals surface area contributed by atoms with Crippen molar-refractivity contribution >= 4 is 16.0 Å². The van der Waals surface area contributed by atoms with Gasteiger partial charge in [-0.3, -0.25) is 9.35 Å². The molecular formula is C35H69NO6S. The zero-order valence-corrected chi connectivity index (χ0v) is 28.8. The molecule has 43 heavy (non-hydrogen) atoms. The summed E-state index contributed by atoms with van der Waals surface area (Å²) >= 11 is 0. The van der Waals surface area contributed by atoms with Crippen molar-refractivity contribution in [1.82, 2.24) is 5.32 Å². The van der Waals surface area contributed by atoms with E-state index in [0.717, 1.165) is 51.4 Å². The van der Waals surface area contributed by atoms with Crippen molar-refractivity contribution in [3.05, 3.63) is 12.2 Å². The molecule has 0 spiro atoms. The second kappa shape index (κ2) is 29.7. The highest BCUT2D eigenvalue weighted by molar-refractivity contribution is 7.85. The van der Waals surface area contributed by atoms with Gasteiger partial charge in [0.25, 0.3) is 10.1 Å². The normalized spacial score (nSPS) is 14.3. The van der Waals surface area contributed by atoms with E-state index in [0.29, 0.717) is 6.42 Å². The zero-order valence-electron chi connectivity index (χ0n) is 28.0. The molecule has 7 nitrogen and oxygen atoms in total. The summed E-state index contributed by atoms with van der Waals surface area (Å²) in [5, 5.41) is 23.1. The molecule has 0 aliphatic rings. The number of carbonyl (C=O) groups excluding carboxylic acids is 1. The molecule has 0 aromatic rings. The highest BCUT2D eigenvalue weighted by Gasteiger charge is 2.27. The summed E-state index contributed by atoms with van der Waals surface area (Å²) in [5.41, 5.74) is 0. The number of amides is 1. The Morgan fingerprint density at radius 1 is 0.628 bits per heavy atom. The van der Waals surface area contributed by atoms with Crippen LogP contribution in [0.25, 0.3) is 0 Å². The van der Waals surface area contributed by atoms with E-state index in [2.05, 4.69) is 19.2 Å². The van der Waals surface area contributed by atoms with Gasteiger partial charge in [-0.05, 0) is 19.3 Å². The van der Waals surface area contributed by atoms with Crippen molar-refractivity contribution < 1.29 is 28.0 Å². The number of carbonyl (C=O) groups is 1. The molecule has 0 fully saturated rings. The van der Waals surface area contributed by atoms with Gasteiger partial charge in [-0.2, -0.15) is 8.42 Å². The Morgan fingerprint density at radius 3 is 1.40 bits per heavy atom. The third-order valence-electron chi connectivity index (χ3n) is 8.32. The molecule has 0 heterocycles. The lowest BCUT2D eigenvalue weighted by Crippen LogP contribution is -2.50. The molecule has 0 rings (SSSR count). The Hall–Kier alpha value is -0.960. The molecule has 3 atom stereocenters. The first kappa shape index (κ1) is 42.0. The summed E-state index contributed by atoms with van der Waals surface area (Å²) in [6, 6.07) is -1.22. The lowest BCUT2D eigenvalue weighted by atomic mass is 10.0. The predicted octanol–water partition coefficient (Wildman–Crippen LogP) is 8.82. The summed E-state index contributed by atoms with van der Waals surface area (Å²) < 4.78 is 32.1. The molecule has 0 saturated carbocycles. The van der Waals surface area contributed by atoms with Crippen molar-refractivity contribution in [2.45, 2.75) is 199 Å². The number of nitrogens with one attached hydrogen (secondary N) is 1. The van der Waals surface area contributed by atoms with E-state index < -0.39 is 40.0 Å². The maximum atomic E-state index is 12.5. The summed E-state index contributed by atoms with van der Waals surface area (Å²) in [4.78, 5) is 12.5. The van der Waals surface area contributed by atoms with Crippen LogP contribution in [-0.2, 0) is 14.9 Å². The number of hydrogen-bond donors (Lipinski definition) is 4. The molecule has 3 unspecified atom stereocenters. The van der Waals surface area contributed by atoms with E-state index >= 15 is 0 Å². The summed E-state index contributed by atoms with van der Waals surface area (Å²) in [6.45, 7) is 4.40. The number of rotatable bonds is 32. The Labute approximate surface area is 265 Å². The van der Waals surface area contributed by atoms with Crippen LogP contribution in [0, 0.1) is 0 Å². The molecule has 1 amide bonds. The first-order valence-corrected chi connectivity index (χ1v) is 19.6. The van der Waals surface area contributed by atoms with Crippen LogP contribution in [0.2, 0.25) is 0 Å². The molecule has 0 aromatic carbocycles. The maximum absolute atomic E-state index is 12.5.